The Hall–Kier alpha value is -1.59. The lowest BCUT2D eigenvalue weighted by Crippen LogP contribution is -2.21. The van der Waals surface area contributed by atoms with Gasteiger partial charge in [0.05, 0.1) is 30.2 Å². The maximum Gasteiger partial charge on any atom is 0.118 e. The van der Waals surface area contributed by atoms with Crippen LogP contribution in [0.15, 0.2) is 45.7 Å². The first-order chi connectivity index (χ1) is 10.1. The fraction of sp³-hybridized carbons (Fsp3) is 0.375. The quantitative estimate of drug-likeness (QED) is 0.854. The van der Waals surface area contributed by atoms with Crippen molar-refractivity contribution in [3.8, 4) is 5.75 Å². The third-order valence-electron chi connectivity index (χ3n) is 3.00. The minimum absolute atomic E-state index is 0.383. The number of methoxy groups -OCH3 is 1. The van der Waals surface area contributed by atoms with Gasteiger partial charge >= 0.3 is 0 Å². The Morgan fingerprint density at radius 2 is 1.81 bits per heavy atom. The van der Waals surface area contributed by atoms with E-state index in [4.69, 9.17) is 9.15 Å². The Labute approximate surface area is 128 Å². The second-order valence-corrected chi connectivity index (χ2v) is 6.52. The molecule has 1 N–H and O–H groups in total. The summed E-state index contributed by atoms with van der Waals surface area (Å²) >= 11 is 0. The maximum atomic E-state index is 12.3. The summed E-state index contributed by atoms with van der Waals surface area (Å²) in [7, 11) is 0.499. The molecular formula is C16H21NO3S. The first-order valence-electron chi connectivity index (χ1n) is 6.92. The highest BCUT2D eigenvalue weighted by Gasteiger charge is 2.09. The average molecular weight is 307 g/mol. The zero-order chi connectivity index (χ0) is 15.2. The second kappa shape index (κ2) is 7.43. The van der Waals surface area contributed by atoms with Crippen LogP contribution in [0.3, 0.4) is 0 Å². The number of rotatable bonds is 7. The summed E-state index contributed by atoms with van der Waals surface area (Å²) in [4.78, 5) is 0.772. The third-order valence-corrected chi connectivity index (χ3v) is 4.34. The van der Waals surface area contributed by atoms with Gasteiger partial charge in [-0.1, -0.05) is 13.8 Å². The molecule has 0 fully saturated rings. The van der Waals surface area contributed by atoms with E-state index in [-0.39, 0.29) is 0 Å². The highest BCUT2D eigenvalue weighted by Crippen LogP contribution is 2.18. The van der Waals surface area contributed by atoms with E-state index >= 15 is 0 Å². The van der Waals surface area contributed by atoms with Gasteiger partial charge in [0.25, 0.3) is 0 Å². The summed E-state index contributed by atoms with van der Waals surface area (Å²) in [5.41, 5.74) is 0. The Bertz CT molecular complexity index is 590. The molecule has 0 aliphatic carbocycles. The highest BCUT2D eigenvalue weighted by atomic mass is 32.2. The normalized spacial score (nSPS) is 12.6. The lowest BCUT2D eigenvalue weighted by atomic mass is 10.3. The monoisotopic (exact) mass is 307 g/mol. The van der Waals surface area contributed by atoms with Crippen molar-refractivity contribution in [1.29, 1.82) is 0 Å². The maximum absolute atomic E-state index is 12.3. The van der Waals surface area contributed by atoms with E-state index in [1.807, 2.05) is 36.4 Å². The Morgan fingerprint density at radius 1 is 1.14 bits per heavy atom. The minimum Gasteiger partial charge on any atom is -0.497 e. The zero-order valence-electron chi connectivity index (χ0n) is 12.6. The van der Waals surface area contributed by atoms with Crippen molar-refractivity contribution in [2.45, 2.75) is 37.1 Å². The van der Waals surface area contributed by atoms with E-state index in [0.717, 1.165) is 22.2 Å². The number of nitrogens with one attached hydrogen (secondary N) is 1. The van der Waals surface area contributed by atoms with E-state index in [1.54, 1.807) is 7.11 Å². The Kier molecular flexibility index (Phi) is 5.59. The van der Waals surface area contributed by atoms with Crippen molar-refractivity contribution in [3.63, 3.8) is 0 Å². The van der Waals surface area contributed by atoms with Gasteiger partial charge in [-0.15, -0.1) is 0 Å². The van der Waals surface area contributed by atoms with Crippen LogP contribution in [-0.4, -0.2) is 17.4 Å². The van der Waals surface area contributed by atoms with E-state index < -0.39 is 10.8 Å². The molecule has 2 aromatic rings. The van der Waals surface area contributed by atoms with Crippen LogP contribution < -0.4 is 10.1 Å². The number of benzene rings is 1. The highest BCUT2D eigenvalue weighted by molar-refractivity contribution is 7.84. The van der Waals surface area contributed by atoms with Gasteiger partial charge in [-0.3, -0.25) is 4.21 Å². The molecule has 0 amide bonds. The number of furan rings is 1. The molecule has 114 valence electrons. The molecule has 1 unspecified atom stereocenters. The molecule has 0 aliphatic rings. The van der Waals surface area contributed by atoms with Crippen LogP contribution in [0.2, 0.25) is 0 Å². The molecule has 5 heteroatoms. The van der Waals surface area contributed by atoms with Crippen molar-refractivity contribution in [3.05, 3.63) is 47.9 Å². The van der Waals surface area contributed by atoms with E-state index in [1.165, 1.54) is 0 Å². The molecule has 21 heavy (non-hydrogen) atoms. The van der Waals surface area contributed by atoms with Crippen molar-refractivity contribution in [2.75, 3.05) is 7.11 Å². The molecule has 2 rings (SSSR count). The second-order valence-electron chi connectivity index (χ2n) is 5.07. The summed E-state index contributed by atoms with van der Waals surface area (Å²) in [5.74, 6) is 2.75. The largest absolute Gasteiger partial charge is 0.497 e. The number of hydrogen-bond donors (Lipinski definition) is 1. The summed E-state index contributed by atoms with van der Waals surface area (Å²) in [5, 5.41) is 3.29. The molecule has 1 atom stereocenters. The topological polar surface area (TPSA) is 51.5 Å². The van der Waals surface area contributed by atoms with Gasteiger partial charge in [0.2, 0.25) is 0 Å². The molecule has 0 aliphatic heterocycles. The van der Waals surface area contributed by atoms with Gasteiger partial charge < -0.3 is 14.5 Å². The molecule has 0 saturated carbocycles. The molecular weight excluding hydrogens is 286 g/mol. The fourth-order valence-electron chi connectivity index (χ4n) is 1.84. The molecule has 1 heterocycles. The molecule has 0 spiro atoms. The van der Waals surface area contributed by atoms with E-state index in [9.17, 15) is 4.21 Å². The van der Waals surface area contributed by atoms with Crippen molar-refractivity contribution >= 4 is 10.8 Å². The summed E-state index contributed by atoms with van der Waals surface area (Å²) < 4.78 is 23.1. The smallest absolute Gasteiger partial charge is 0.118 e. The van der Waals surface area contributed by atoms with Crippen molar-refractivity contribution < 1.29 is 13.4 Å². The predicted molar refractivity (Wildman–Crippen MR) is 83.8 cm³/mol. The lowest BCUT2D eigenvalue weighted by molar-refractivity contribution is 0.414. The standard InChI is InChI=1S/C16H21NO3S/c1-12(2)17-10-14-4-5-15(20-14)11-21(18)16-8-6-13(19-3)7-9-16/h4-9,12,17H,10-11H2,1-3H3. The van der Waals surface area contributed by atoms with E-state index in [0.29, 0.717) is 18.3 Å². The van der Waals surface area contributed by atoms with Gasteiger partial charge in [-0.05, 0) is 36.4 Å². The molecule has 0 radical (unpaired) electrons. The molecule has 4 nitrogen and oxygen atoms in total. The van der Waals surface area contributed by atoms with E-state index in [2.05, 4.69) is 19.2 Å². The molecule has 0 bridgehead atoms. The number of ether oxygens (including phenoxy) is 1. The van der Waals surface area contributed by atoms with Crippen LogP contribution in [0.25, 0.3) is 0 Å². The van der Waals surface area contributed by atoms with Crippen LogP contribution in [0, 0.1) is 0 Å². The summed E-state index contributed by atoms with van der Waals surface area (Å²) in [6, 6.07) is 11.5. The van der Waals surface area contributed by atoms with Gasteiger partial charge in [0.15, 0.2) is 0 Å². The Balaban J connectivity index is 1.95. The van der Waals surface area contributed by atoms with Gasteiger partial charge in [-0.2, -0.15) is 0 Å². The zero-order valence-corrected chi connectivity index (χ0v) is 13.4. The molecule has 1 aromatic heterocycles. The summed E-state index contributed by atoms with van der Waals surface area (Å²) in [6.07, 6.45) is 0. The van der Waals surface area contributed by atoms with Gasteiger partial charge in [-0.25, -0.2) is 0 Å². The SMILES string of the molecule is COc1ccc(S(=O)Cc2ccc(CNC(C)C)o2)cc1. The first kappa shape index (κ1) is 15.8. The van der Waals surface area contributed by atoms with Crippen LogP contribution in [-0.2, 0) is 23.1 Å². The predicted octanol–water partition coefficient (Wildman–Crippen LogP) is 3.09. The molecule has 1 aromatic carbocycles. The summed E-state index contributed by atoms with van der Waals surface area (Å²) in [6.45, 7) is 4.86. The third kappa shape index (κ3) is 4.72. The Morgan fingerprint density at radius 3 is 2.43 bits per heavy atom. The lowest BCUT2D eigenvalue weighted by Gasteiger charge is -2.05. The average Bonchev–Trinajstić information content (AvgIpc) is 2.92. The van der Waals surface area contributed by atoms with Crippen LogP contribution >= 0.6 is 0 Å². The van der Waals surface area contributed by atoms with Gasteiger partial charge in [0.1, 0.15) is 17.3 Å². The first-order valence-corrected chi connectivity index (χ1v) is 8.24. The van der Waals surface area contributed by atoms with Crippen molar-refractivity contribution in [2.24, 2.45) is 0 Å². The molecule has 0 saturated heterocycles. The fourth-order valence-corrected chi connectivity index (χ4v) is 2.86. The van der Waals surface area contributed by atoms with Crippen LogP contribution in [0.4, 0.5) is 0 Å². The van der Waals surface area contributed by atoms with Crippen LogP contribution in [0.1, 0.15) is 25.4 Å². The number of hydrogen-bond acceptors (Lipinski definition) is 4. The van der Waals surface area contributed by atoms with Crippen molar-refractivity contribution in [1.82, 2.24) is 5.32 Å². The minimum atomic E-state index is -1.11. The van der Waals surface area contributed by atoms with Gasteiger partial charge in [0, 0.05) is 10.9 Å². The van der Waals surface area contributed by atoms with Crippen LogP contribution in [0.5, 0.6) is 5.75 Å².